The quantitative estimate of drug-likeness (QED) is 0.686. The number of sulfonamides is 1. The summed E-state index contributed by atoms with van der Waals surface area (Å²) in [6.45, 7) is 0.622. The Hall–Kier alpha value is -1.71. The molecule has 0 aromatic heterocycles. The molecule has 1 aliphatic heterocycles. The maximum Gasteiger partial charge on any atom is 0.246 e. The second kappa shape index (κ2) is 8.59. The first-order valence-electron chi connectivity index (χ1n) is 8.12. The number of carbonyl (C=O) groups excluding carboxylic acids is 1. The highest BCUT2D eigenvalue weighted by Gasteiger charge is 2.34. The van der Waals surface area contributed by atoms with Gasteiger partial charge in [-0.05, 0) is 37.5 Å². The Morgan fingerprint density at radius 3 is 2.92 bits per heavy atom. The molecule has 0 saturated carbocycles. The number of rotatable bonds is 7. The number of hydrogen-bond donors (Lipinski definition) is 2. The van der Waals surface area contributed by atoms with Gasteiger partial charge in [0, 0.05) is 26.2 Å². The summed E-state index contributed by atoms with van der Waals surface area (Å²) in [5, 5.41) is 11.4. The van der Waals surface area contributed by atoms with Gasteiger partial charge in [-0.25, -0.2) is 12.8 Å². The third kappa shape index (κ3) is 4.68. The predicted octanol–water partition coefficient (Wildman–Crippen LogP) is 0.734. The van der Waals surface area contributed by atoms with E-state index < -0.39 is 21.8 Å². The monoisotopic (exact) mass is 374 g/mol. The first-order valence-corrected chi connectivity index (χ1v) is 9.56. The molecule has 0 unspecified atom stereocenters. The second-order valence-electron chi connectivity index (χ2n) is 5.87. The molecule has 0 radical (unpaired) electrons. The van der Waals surface area contributed by atoms with Gasteiger partial charge >= 0.3 is 0 Å². The normalized spacial score (nSPS) is 18.8. The van der Waals surface area contributed by atoms with Gasteiger partial charge in [-0.3, -0.25) is 4.79 Å². The lowest BCUT2D eigenvalue weighted by atomic mass is 9.99. The Labute approximate surface area is 146 Å². The summed E-state index contributed by atoms with van der Waals surface area (Å²) < 4.78 is 45.5. The predicted molar refractivity (Wildman–Crippen MR) is 89.1 cm³/mol. The van der Waals surface area contributed by atoms with Crippen LogP contribution in [0.3, 0.4) is 0 Å². The molecule has 1 heterocycles. The summed E-state index contributed by atoms with van der Waals surface area (Å²) >= 11 is 0. The molecule has 2 N–H and O–H groups in total. The summed E-state index contributed by atoms with van der Waals surface area (Å²) in [5.74, 6) is -1.31. The van der Waals surface area contributed by atoms with Crippen LogP contribution in [0.4, 0.5) is 4.39 Å². The molecule has 9 heteroatoms. The fourth-order valence-corrected chi connectivity index (χ4v) is 4.49. The number of piperidine rings is 1. The van der Waals surface area contributed by atoms with Crippen LogP contribution in [0.15, 0.2) is 23.1 Å². The number of hydrogen-bond acceptors (Lipinski definition) is 5. The van der Waals surface area contributed by atoms with E-state index in [1.807, 2.05) is 0 Å². The lowest BCUT2D eigenvalue weighted by Gasteiger charge is -2.31. The van der Waals surface area contributed by atoms with Gasteiger partial charge < -0.3 is 15.2 Å². The molecule has 1 saturated heterocycles. The van der Waals surface area contributed by atoms with E-state index in [2.05, 4.69) is 5.32 Å². The molecule has 2 rings (SSSR count). The van der Waals surface area contributed by atoms with Gasteiger partial charge in [-0.1, -0.05) is 0 Å². The van der Waals surface area contributed by atoms with E-state index in [1.54, 1.807) is 0 Å². The minimum Gasteiger partial charge on any atom is -0.495 e. The molecule has 1 aliphatic rings. The van der Waals surface area contributed by atoms with Crippen LogP contribution in [-0.2, 0) is 14.8 Å². The highest BCUT2D eigenvalue weighted by atomic mass is 32.2. The molecule has 1 amide bonds. The Morgan fingerprint density at radius 1 is 1.48 bits per heavy atom. The van der Waals surface area contributed by atoms with Crippen LogP contribution in [-0.4, -0.2) is 57.1 Å². The topological polar surface area (TPSA) is 95.9 Å². The largest absolute Gasteiger partial charge is 0.495 e. The molecule has 0 bridgehead atoms. The van der Waals surface area contributed by atoms with E-state index in [4.69, 9.17) is 9.84 Å². The van der Waals surface area contributed by atoms with Crippen molar-refractivity contribution >= 4 is 15.9 Å². The van der Waals surface area contributed by atoms with E-state index >= 15 is 0 Å². The molecule has 1 atom stereocenters. The van der Waals surface area contributed by atoms with Crippen LogP contribution in [0.5, 0.6) is 5.75 Å². The molecule has 25 heavy (non-hydrogen) atoms. The lowest BCUT2D eigenvalue weighted by Crippen LogP contribution is -2.45. The number of nitrogens with zero attached hydrogens (tertiary/aromatic N) is 1. The molecule has 7 nitrogen and oxygen atoms in total. The van der Waals surface area contributed by atoms with Crippen LogP contribution in [0.1, 0.15) is 19.3 Å². The molecular formula is C16H23FN2O5S. The van der Waals surface area contributed by atoms with Gasteiger partial charge in [0.05, 0.1) is 13.0 Å². The molecule has 0 spiro atoms. The minimum atomic E-state index is -3.97. The first kappa shape index (κ1) is 19.6. The molecule has 1 fully saturated rings. The standard InChI is InChI=1S/C16H23FN2O5S/c1-24-14-6-5-13(17)10-15(14)25(22,23)19-8-2-4-12(11-19)16(21)18-7-3-9-20/h5-6,10,12,20H,2-4,7-9,11H2,1H3,(H,18,21)/t12-/m1/s1. The van der Waals surface area contributed by atoms with Crippen LogP contribution in [0, 0.1) is 11.7 Å². The minimum absolute atomic E-state index is 0.0230. The fraction of sp³-hybridized carbons (Fsp3) is 0.562. The molecule has 1 aromatic rings. The third-order valence-corrected chi connectivity index (χ3v) is 6.02. The average Bonchev–Trinajstić information content (AvgIpc) is 2.62. The Morgan fingerprint density at radius 2 is 2.24 bits per heavy atom. The van der Waals surface area contributed by atoms with Gasteiger partial charge in [0.2, 0.25) is 15.9 Å². The van der Waals surface area contributed by atoms with Crippen molar-refractivity contribution in [1.29, 1.82) is 0 Å². The summed E-state index contributed by atoms with van der Waals surface area (Å²) in [6, 6.07) is 3.33. The number of nitrogens with one attached hydrogen (secondary N) is 1. The van der Waals surface area contributed by atoms with E-state index in [-0.39, 0.29) is 36.2 Å². The van der Waals surface area contributed by atoms with Crippen molar-refractivity contribution in [2.75, 3.05) is 33.4 Å². The lowest BCUT2D eigenvalue weighted by molar-refractivity contribution is -0.126. The Bertz CT molecular complexity index is 710. The third-order valence-electron chi connectivity index (χ3n) is 4.13. The number of halogens is 1. The van der Waals surface area contributed by atoms with Gasteiger partial charge in [-0.2, -0.15) is 4.31 Å². The second-order valence-corrected chi connectivity index (χ2v) is 7.77. The van der Waals surface area contributed by atoms with Crippen LogP contribution in [0.2, 0.25) is 0 Å². The van der Waals surface area contributed by atoms with Crippen molar-refractivity contribution in [2.24, 2.45) is 5.92 Å². The van der Waals surface area contributed by atoms with Crippen molar-refractivity contribution in [3.05, 3.63) is 24.0 Å². The summed E-state index contributed by atoms with van der Waals surface area (Å²) in [5.41, 5.74) is 0. The van der Waals surface area contributed by atoms with Gasteiger partial charge in [-0.15, -0.1) is 0 Å². The summed E-state index contributed by atoms with van der Waals surface area (Å²) in [6.07, 6.45) is 1.56. The van der Waals surface area contributed by atoms with Crippen LogP contribution in [0.25, 0.3) is 0 Å². The van der Waals surface area contributed by atoms with Gasteiger partial charge in [0.15, 0.2) is 0 Å². The number of ether oxygens (including phenoxy) is 1. The maximum absolute atomic E-state index is 13.5. The highest BCUT2D eigenvalue weighted by Crippen LogP contribution is 2.30. The number of carbonyl (C=O) groups is 1. The van der Waals surface area contributed by atoms with E-state index in [0.717, 1.165) is 12.1 Å². The van der Waals surface area contributed by atoms with E-state index in [9.17, 15) is 17.6 Å². The number of amides is 1. The first-order chi connectivity index (χ1) is 11.9. The molecule has 140 valence electrons. The van der Waals surface area contributed by atoms with Crippen LogP contribution < -0.4 is 10.1 Å². The smallest absolute Gasteiger partial charge is 0.246 e. The zero-order valence-electron chi connectivity index (χ0n) is 14.1. The van der Waals surface area contributed by atoms with Gasteiger partial charge in [0.1, 0.15) is 16.5 Å². The number of methoxy groups -OCH3 is 1. The SMILES string of the molecule is COc1ccc(F)cc1S(=O)(=O)N1CCC[C@@H](C(=O)NCCCO)C1. The highest BCUT2D eigenvalue weighted by molar-refractivity contribution is 7.89. The summed E-state index contributed by atoms with van der Waals surface area (Å²) in [7, 11) is -2.65. The number of benzene rings is 1. The zero-order valence-corrected chi connectivity index (χ0v) is 14.9. The van der Waals surface area contributed by atoms with E-state index in [0.29, 0.717) is 25.8 Å². The van der Waals surface area contributed by atoms with E-state index in [1.165, 1.54) is 17.5 Å². The van der Waals surface area contributed by atoms with Crippen molar-refractivity contribution in [2.45, 2.75) is 24.2 Å². The van der Waals surface area contributed by atoms with Crippen molar-refractivity contribution in [3.63, 3.8) is 0 Å². The Kier molecular flexibility index (Phi) is 6.74. The summed E-state index contributed by atoms with van der Waals surface area (Å²) in [4.78, 5) is 11.9. The van der Waals surface area contributed by atoms with Crippen molar-refractivity contribution < 1.29 is 27.4 Å². The fourth-order valence-electron chi connectivity index (χ4n) is 2.80. The molecular weight excluding hydrogens is 351 g/mol. The number of aliphatic hydroxyl groups excluding tert-OH is 1. The molecule has 1 aromatic carbocycles. The molecule has 0 aliphatic carbocycles. The van der Waals surface area contributed by atoms with Crippen molar-refractivity contribution in [3.8, 4) is 5.75 Å². The maximum atomic E-state index is 13.5. The zero-order chi connectivity index (χ0) is 18.4. The average molecular weight is 374 g/mol. The Balaban J connectivity index is 2.17. The number of aliphatic hydroxyl groups is 1. The van der Waals surface area contributed by atoms with Gasteiger partial charge in [0.25, 0.3) is 0 Å². The van der Waals surface area contributed by atoms with Crippen molar-refractivity contribution in [1.82, 2.24) is 9.62 Å². The van der Waals surface area contributed by atoms with Crippen LogP contribution >= 0.6 is 0 Å².